The van der Waals surface area contributed by atoms with Crippen LogP contribution in [0.2, 0.25) is 0 Å². The van der Waals surface area contributed by atoms with E-state index in [0.717, 1.165) is 19.3 Å². The molecule has 1 N–H and O–H groups in total. The predicted molar refractivity (Wildman–Crippen MR) is 116 cm³/mol. The Balaban J connectivity index is 1.39. The number of ether oxygens (including phenoxy) is 2. The van der Waals surface area contributed by atoms with Crippen LogP contribution in [0, 0.1) is 23.7 Å². The van der Waals surface area contributed by atoms with Crippen molar-refractivity contribution < 1.29 is 23.9 Å². The highest BCUT2D eigenvalue weighted by molar-refractivity contribution is 6.01. The lowest BCUT2D eigenvalue weighted by atomic mass is 9.75. The van der Waals surface area contributed by atoms with Gasteiger partial charge in [0, 0.05) is 11.5 Å². The van der Waals surface area contributed by atoms with Crippen LogP contribution in [0.4, 0.5) is 5.69 Å². The number of hydrogen-bond acceptors (Lipinski definition) is 5. The van der Waals surface area contributed by atoms with Gasteiger partial charge in [0.1, 0.15) is 5.75 Å². The highest BCUT2D eigenvalue weighted by Gasteiger charge is 2.54. The molecule has 0 aliphatic heterocycles. The fourth-order valence-electron chi connectivity index (χ4n) is 5.07. The molecule has 0 saturated heterocycles. The summed E-state index contributed by atoms with van der Waals surface area (Å²) in [5, 5.41) is 2.73. The van der Waals surface area contributed by atoms with Gasteiger partial charge in [0.05, 0.1) is 18.2 Å². The number of hydrogen-bond donors (Lipinski definition) is 1. The molecule has 162 valence electrons. The minimum absolute atomic E-state index is 0.00448. The zero-order chi connectivity index (χ0) is 21.8. The number of para-hydroxylation sites is 2. The Morgan fingerprint density at radius 3 is 2.35 bits per heavy atom. The van der Waals surface area contributed by atoms with Gasteiger partial charge in [-0.05, 0) is 50.2 Å². The second-order valence-electron chi connectivity index (χ2n) is 8.20. The van der Waals surface area contributed by atoms with E-state index in [1.807, 2.05) is 31.2 Å². The summed E-state index contributed by atoms with van der Waals surface area (Å²) in [6.07, 6.45) is 2.76. The molecule has 6 nitrogen and oxygen atoms in total. The SMILES string of the molecule is CCOc1ccccc1NC(=O)COC(=O)[C@H]1[C@H]2CC[C@@H](C2)[C@H]1C(=O)c1ccccc1. The van der Waals surface area contributed by atoms with Crippen molar-refractivity contribution in [3.05, 3.63) is 60.2 Å². The number of amides is 1. The summed E-state index contributed by atoms with van der Waals surface area (Å²) in [4.78, 5) is 38.4. The fraction of sp³-hybridized carbons (Fsp3) is 0.400. The third kappa shape index (κ3) is 4.48. The molecule has 0 heterocycles. The maximum absolute atomic E-state index is 13.1. The minimum Gasteiger partial charge on any atom is -0.492 e. The van der Waals surface area contributed by atoms with Crippen molar-refractivity contribution in [2.75, 3.05) is 18.5 Å². The normalized spacial score (nSPS) is 23.9. The third-order valence-corrected chi connectivity index (χ3v) is 6.36. The first kappa shape index (κ1) is 21.1. The van der Waals surface area contributed by atoms with Crippen LogP contribution in [0.25, 0.3) is 0 Å². The minimum atomic E-state index is -0.477. The molecular weight excluding hydrogens is 394 g/mol. The molecular formula is C25H27NO5. The number of benzene rings is 2. The molecule has 4 rings (SSSR count). The van der Waals surface area contributed by atoms with Crippen LogP contribution in [0.15, 0.2) is 54.6 Å². The van der Waals surface area contributed by atoms with Gasteiger partial charge in [-0.2, -0.15) is 0 Å². The average molecular weight is 421 g/mol. The monoisotopic (exact) mass is 421 g/mol. The van der Waals surface area contributed by atoms with E-state index in [4.69, 9.17) is 9.47 Å². The standard InChI is InChI=1S/C25H27NO5/c1-2-30-20-11-7-6-10-19(20)26-21(27)15-31-25(29)23-18-13-12-17(14-18)22(23)24(28)16-8-4-3-5-9-16/h3-11,17-18,22-23H,2,12-15H2,1H3,(H,26,27)/t17-,18-,22+,23-/m0/s1. The average Bonchev–Trinajstić information content (AvgIpc) is 3.41. The zero-order valence-corrected chi connectivity index (χ0v) is 17.6. The van der Waals surface area contributed by atoms with E-state index in [-0.39, 0.29) is 30.1 Å². The first-order chi connectivity index (χ1) is 15.1. The van der Waals surface area contributed by atoms with Gasteiger partial charge in [-0.15, -0.1) is 0 Å². The molecule has 6 heteroatoms. The number of Topliss-reactive ketones (excluding diaryl/α,β-unsaturated/α-hetero) is 1. The van der Waals surface area contributed by atoms with Crippen molar-refractivity contribution in [2.45, 2.75) is 26.2 Å². The van der Waals surface area contributed by atoms with Gasteiger partial charge >= 0.3 is 5.97 Å². The molecule has 0 aromatic heterocycles. The topological polar surface area (TPSA) is 81.7 Å². The molecule has 2 aliphatic rings. The van der Waals surface area contributed by atoms with Gasteiger partial charge in [-0.3, -0.25) is 14.4 Å². The Kier molecular flexibility index (Phi) is 6.35. The number of rotatable bonds is 8. The van der Waals surface area contributed by atoms with E-state index in [1.54, 1.807) is 30.3 Å². The number of ketones is 1. The summed E-state index contributed by atoms with van der Waals surface area (Å²) in [5.74, 6) is -0.801. The summed E-state index contributed by atoms with van der Waals surface area (Å²) in [6, 6.07) is 16.2. The smallest absolute Gasteiger partial charge is 0.310 e. The highest BCUT2D eigenvalue weighted by Crippen LogP contribution is 2.53. The molecule has 31 heavy (non-hydrogen) atoms. The number of anilines is 1. The first-order valence-electron chi connectivity index (χ1n) is 10.9. The first-order valence-corrected chi connectivity index (χ1v) is 10.9. The maximum atomic E-state index is 13.1. The maximum Gasteiger partial charge on any atom is 0.310 e. The van der Waals surface area contributed by atoms with Crippen molar-refractivity contribution >= 4 is 23.3 Å². The van der Waals surface area contributed by atoms with Crippen LogP contribution in [0.5, 0.6) is 5.75 Å². The summed E-state index contributed by atoms with van der Waals surface area (Å²) >= 11 is 0. The van der Waals surface area contributed by atoms with Gasteiger partial charge in [0.25, 0.3) is 5.91 Å². The lowest BCUT2D eigenvalue weighted by molar-refractivity contribution is -0.154. The Labute approximate surface area is 181 Å². The summed E-state index contributed by atoms with van der Waals surface area (Å²) < 4.78 is 10.9. The number of carbonyl (C=O) groups is 3. The van der Waals surface area contributed by atoms with Crippen LogP contribution in [-0.4, -0.2) is 30.9 Å². The van der Waals surface area contributed by atoms with Crippen molar-refractivity contribution in [1.29, 1.82) is 0 Å². The predicted octanol–water partition coefficient (Wildman–Crippen LogP) is 4.11. The van der Waals surface area contributed by atoms with Crippen LogP contribution in [0.1, 0.15) is 36.5 Å². The molecule has 4 atom stereocenters. The van der Waals surface area contributed by atoms with Crippen molar-refractivity contribution in [2.24, 2.45) is 23.7 Å². The van der Waals surface area contributed by atoms with E-state index < -0.39 is 17.8 Å². The van der Waals surface area contributed by atoms with Gasteiger partial charge in [0.2, 0.25) is 0 Å². The van der Waals surface area contributed by atoms with E-state index >= 15 is 0 Å². The molecule has 0 radical (unpaired) electrons. The summed E-state index contributed by atoms with van der Waals surface area (Å²) in [5.41, 5.74) is 1.16. The van der Waals surface area contributed by atoms with E-state index in [2.05, 4.69) is 5.32 Å². The second kappa shape index (κ2) is 9.33. The van der Waals surface area contributed by atoms with Crippen molar-refractivity contribution in [3.63, 3.8) is 0 Å². The van der Waals surface area contributed by atoms with Crippen molar-refractivity contribution in [3.8, 4) is 5.75 Å². The van der Waals surface area contributed by atoms with E-state index in [9.17, 15) is 14.4 Å². The van der Waals surface area contributed by atoms with Gasteiger partial charge in [0.15, 0.2) is 12.4 Å². The molecule has 2 aromatic rings. The fourth-order valence-corrected chi connectivity index (χ4v) is 5.07. The molecule has 2 aliphatic carbocycles. The lowest BCUT2D eigenvalue weighted by Gasteiger charge is -2.28. The quantitative estimate of drug-likeness (QED) is 0.512. The van der Waals surface area contributed by atoms with Crippen LogP contribution >= 0.6 is 0 Å². The molecule has 0 unspecified atom stereocenters. The zero-order valence-electron chi connectivity index (χ0n) is 17.6. The van der Waals surface area contributed by atoms with E-state index in [1.165, 1.54) is 0 Å². The Bertz CT molecular complexity index is 957. The Hall–Kier alpha value is -3.15. The Morgan fingerprint density at radius 1 is 0.935 bits per heavy atom. The molecule has 2 fully saturated rings. The second-order valence-corrected chi connectivity index (χ2v) is 8.20. The van der Waals surface area contributed by atoms with Crippen LogP contribution in [-0.2, 0) is 14.3 Å². The van der Waals surface area contributed by atoms with Gasteiger partial charge in [-0.25, -0.2) is 0 Å². The number of nitrogens with one attached hydrogen (secondary N) is 1. The molecule has 2 aromatic carbocycles. The van der Waals surface area contributed by atoms with Crippen LogP contribution in [0.3, 0.4) is 0 Å². The van der Waals surface area contributed by atoms with Crippen molar-refractivity contribution in [1.82, 2.24) is 0 Å². The number of fused-ring (bicyclic) bond motifs is 2. The van der Waals surface area contributed by atoms with Gasteiger partial charge < -0.3 is 14.8 Å². The van der Waals surface area contributed by atoms with E-state index in [0.29, 0.717) is 23.6 Å². The Morgan fingerprint density at radius 2 is 1.61 bits per heavy atom. The molecule has 2 bridgehead atoms. The summed E-state index contributed by atoms with van der Waals surface area (Å²) in [6.45, 7) is 1.95. The molecule has 0 spiro atoms. The molecule has 2 saturated carbocycles. The number of carbonyl (C=O) groups excluding carboxylic acids is 3. The number of esters is 1. The molecule has 1 amide bonds. The third-order valence-electron chi connectivity index (χ3n) is 6.36. The highest BCUT2D eigenvalue weighted by atomic mass is 16.5. The lowest BCUT2D eigenvalue weighted by Crippen LogP contribution is -2.37. The largest absolute Gasteiger partial charge is 0.492 e. The van der Waals surface area contributed by atoms with Gasteiger partial charge in [-0.1, -0.05) is 42.5 Å². The van der Waals surface area contributed by atoms with Crippen LogP contribution < -0.4 is 10.1 Å². The summed E-state index contributed by atoms with van der Waals surface area (Å²) in [7, 11) is 0.